The average molecular weight is 990 g/mol. The van der Waals surface area contributed by atoms with Crippen LogP contribution in [-0.2, 0) is 57.0 Å². The summed E-state index contributed by atoms with van der Waals surface area (Å²) in [6.45, 7) is 14.4. The van der Waals surface area contributed by atoms with Crippen molar-refractivity contribution < 1.29 is 67.2 Å². The Morgan fingerprint density at radius 2 is 1.59 bits per heavy atom. The molecule has 0 radical (unpaired) electrons. The third kappa shape index (κ3) is 16.2. The predicted molar refractivity (Wildman–Crippen MR) is 264 cm³/mol. The molecule has 1 saturated carbocycles. The lowest BCUT2D eigenvalue weighted by molar-refractivity contribution is -0.265. The summed E-state index contributed by atoms with van der Waals surface area (Å²) in [4.78, 5) is 72.2. The second-order valence-electron chi connectivity index (χ2n) is 20.6. The minimum atomic E-state index is -2.44. The highest BCUT2D eigenvalue weighted by Gasteiger charge is 2.53. The number of cyclic esters (lactones) is 1. The largest absolute Gasteiger partial charge is 0.460 e. The molecule has 3 fully saturated rings. The van der Waals surface area contributed by atoms with Crippen LogP contribution in [0.4, 0.5) is 0 Å². The van der Waals surface area contributed by atoms with Gasteiger partial charge in [0.25, 0.3) is 11.7 Å². The van der Waals surface area contributed by atoms with E-state index in [-0.39, 0.29) is 67.3 Å². The van der Waals surface area contributed by atoms with Gasteiger partial charge in [0.15, 0.2) is 5.78 Å². The zero-order valence-electron chi connectivity index (χ0n) is 43.2. The Morgan fingerprint density at radius 1 is 0.870 bits per heavy atom. The van der Waals surface area contributed by atoms with Crippen LogP contribution in [0, 0.1) is 35.5 Å². The molecule has 2 N–H and O–H groups in total. The maximum absolute atomic E-state index is 14.5. The van der Waals surface area contributed by atoms with E-state index in [4.69, 9.17) is 28.4 Å². The number of Topliss-reactive ketones (excluding diaryl/α,β-unsaturated/α-hetero) is 3. The molecule has 1 amide bonds. The van der Waals surface area contributed by atoms with Crippen LogP contribution in [0.2, 0.25) is 0 Å². The van der Waals surface area contributed by atoms with Crippen molar-refractivity contribution in [3.8, 4) is 0 Å². The van der Waals surface area contributed by atoms with E-state index in [2.05, 4.69) is 0 Å². The molecule has 390 valence electrons. The van der Waals surface area contributed by atoms with Crippen LogP contribution in [0.3, 0.4) is 0 Å². The van der Waals surface area contributed by atoms with Crippen LogP contribution in [0.25, 0.3) is 0 Å². The van der Waals surface area contributed by atoms with E-state index in [1.54, 1.807) is 47.7 Å². The number of methoxy groups -OCH3 is 3. The van der Waals surface area contributed by atoms with Crippen molar-refractivity contribution in [1.29, 1.82) is 0 Å². The molecular weight excluding hydrogens is 906 g/mol. The molecule has 15 nitrogen and oxygen atoms in total. The van der Waals surface area contributed by atoms with E-state index in [1.165, 1.54) is 12.0 Å². The molecule has 0 spiro atoms. The number of aliphatic hydroxyl groups is 2. The molecule has 1 aliphatic carbocycles. The van der Waals surface area contributed by atoms with Gasteiger partial charge in [-0.15, -0.1) is 0 Å². The first kappa shape index (κ1) is 58.4. The number of hydrogen-bond acceptors (Lipinski definition) is 14. The number of aliphatic hydroxyl groups excluding tert-OH is 1. The topological polar surface area (TPSA) is 201 Å². The van der Waals surface area contributed by atoms with Gasteiger partial charge in [-0.3, -0.25) is 19.2 Å². The first-order valence-corrected chi connectivity index (χ1v) is 27.4. The van der Waals surface area contributed by atoms with E-state index in [1.807, 2.05) is 58.1 Å². The van der Waals surface area contributed by atoms with Crippen LogP contribution in [0.15, 0.2) is 47.6 Å². The second kappa shape index (κ2) is 27.6. The Labute approximate surface area is 411 Å². The SMILES string of the molecule is CO[C@H]1C[C@@H]2CC[C@@H](C)[C@@](O)(O2)C(=O)C(=O)N2CCCC[C@H]2C(=O)O[C@H]([C@H](C)C[C@@H]2CCC(OC[PH](C)=O)[C@H](OC)C2)CC(=O)[C@H](C)/C=C(\C)[C@@H](O)[C@@H](OC)C(=O)[C@H](C)C[C@H](C)/C=C/C=C/C=C/1C. The summed E-state index contributed by atoms with van der Waals surface area (Å²) in [5.41, 5.74) is 1.26. The molecule has 16 atom stereocenters. The van der Waals surface area contributed by atoms with Crippen LogP contribution >= 0.6 is 7.80 Å². The molecule has 2 saturated heterocycles. The molecule has 2 unspecified atom stereocenters. The number of hydrogen-bond donors (Lipinski definition) is 2. The number of carbonyl (C=O) groups excluding carboxylic acids is 5. The van der Waals surface area contributed by atoms with E-state index >= 15 is 0 Å². The first-order chi connectivity index (χ1) is 32.6. The zero-order valence-corrected chi connectivity index (χ0v) is 44.2. The van der Waals surface area contributed by atoms with E-state index in [9.17, 15) is 38.8 Å². The normalized spacial score (nSPS) is 39.2. The van der Waals surface area contributed by atoms with Crippen LogP contribution in [0.5, 0.6) is 0 Å². The number of carbonyl (C=O) groups is 5. The highest BCUT2D eigenvalue weighted by molar-refractivity contribution is 7.43. The Kier molecular flexibility index (Phi) is 23.4. The Balaban J connectivity index is 1.70. The lowest BCUT2D eigenvalue weighted by atomic mass is 9.78. The van der Waals surface area contributed by atoms with Crippen molar-refractivity contribution in [2.24, 2.45) is 35.5 Å². The molecule has 0 aromatic heterocycles. The summed E-state index contributed by atoms with van der Waals surface area (Å²) in [6.07, 6.45) is 12.0. The Bertz CT molecular complexity index is 1900. The van der Waals surface area contributed by atoms with Crippen LogP contribution in [0.1, 0.15) is 126 Å². The second-order valence-corrected chi connectivity index (χ2v) is 22.3. The van der Waals surface area contributed by atoms with Crippen molar-refractivity contribution in [3.63, 3.8) is 0 Å². The highest BCUT2D eigenvalue weighted by atomic mass is 31.1. The van der Waals surface area contributed by atoms with Gasteiger partial charge < -0.3 is 48.1 Å². The van der Waals surface area contributed by atoms with Gasteiger partial charge in [-0.05, 0) is 114 Å². The quantitative estimate of drug-likeness (QED) is 0.101. The zero-order chi connectivity index (χ0) is 51.2. The Hall–Kier alpha value is -3.14. The van der Waals surface area contributed by atoms with Crippen molar-refractivity contribution >= 4 is 37.0 Å². The fourth-order valence-corrected chi connectivity index (χ4v) is 11.0. The summed E-state index contributed by atoms with van der Waals surface area (Å²) in [5, 5.41) is 23.5. The molecule has 4 rings (SSSR count). The van der Waals surface area contributed by atoms with Gasteiger partial charge in [-0.1, -0.05) is 71.1 Å². The van der Waals surface area contributed by atoms with Crippen molar-refractivity contribution in [2.45, 2.75) is 180 Å². The molecule has 69 heavy (non-hydrogen) atoms. The standard InChI is InChI=1S/C53H84NO14P/c1-32-17-13-12-14-18-33(2)44(63-8)29-40-22-20-38(7)53(61,68-40)50(58)51(59)54-24-16-15-19-41(54)52(60)67-45(35(4)27-39-21-23-43(46(28-39)64-9)66-31-69(11)62)30-42(55)34(3)26-37(6)48(57)49(65-10)47(56)36(5)25-32/h12-14,17-18,26,32,34-36,38-41,43-46,48-49,57,61,69H,15-16,19-25,27-31H2,1-11H3/b14-12+,17-13+,33-18+,37-26+/t32-,34-,35-,36-,38-,39+,40+,41+,43?,44+,45+,46-,48-,49+,53-/m1/s1. The number of rotatable bonds is 9. The van der Waals surface area contributed by atoms with Gasteiger partial charge in [0, 0.05) is 58.5 Å². The number of nitrogens with zero attached hydrogens (tertiary/aromatic N) is 1. The van der Waals surface area contributed by atoms with Crippen LogP contribution < -0.4 is 0 Å². The number of piperidine rings is 1. The summed E-state index contributed by atoms with van der Waals surface area (Å²) < 4.78 is 47.6. The fourth-order valence-electron chi connectivity index (χ4n) is 10.5. The smallest absolute Gasteiger partial charge is 0.329 e. The molecule has 3 aliphatic heterocycles. The van der Waals surface area contributed by atoms with Gasteiger partial charge in [0.1, 0.15) is 30.1 Å². The number of amides is 1. The summed E-state index contributed by atoms with van der Waals surface area (Å²) in [5.74, 6) is -8.02. The van der Waals surface area contributed by atoms with Crippen molar-refractivity contribution in [1.82, 2.24) is 4.90 Å². The average Bonchev–Trinajstić information content (AvgIpc) is 3.32. The third-order valence-corrected chi connectivity index (χ3v) is 15.5. The molecule has 0 aromatic carbocycles. The van der Waals surface area contributed by atoms with Gasteiger partial charge in [0.05, 0.1) is 38.6 Å². The summed E-state index contributed by atoms with van der Waals surface area (Å²) >= 11 is 0. The molecule has 3 heterocycles. The van der Waals surface area contributed by atoms with Crippen molar-refractivity contribution in [2.75, 3.05) is 40.9 Å². The number of ether oxygens (including phenoxy) is 6. The van der Waals surface area contributed by atoms with Crippen LogP contribution in [-0.4, -0.2) is 140 Å². The maximum Gasteiger partial charge on any atom is 0.329 e. The molecule has 4 aliphatic rings. The highest BCUT2D eigenvalue weighted by Crippen LogP contribution is 2.38. The van der Waals surface area contributed by atoms with Crippen molar-refractivity contribution in [3.05, 3.63) is 47.6 Å². The molecular formula is C53H84NO14P. The number of allylic oxidation sites excluding steroid dienone is 6. The van der Waals surface area contributed by atoms with Gasteiger partial charge in [0.2, 0.25) is 5.79 Å². The number of esters is 1. The third-order valence-electron chi connectivity index (χ3n) is 15.0. The predicted octanol–water partition coefficient (Wildman–Crippen LogP) is 7.35. The van der Waals surface area contributed by atoms with E-state index < -0.39 is 85.6 Å². The number of fused-ring (bicyclic) bond motifs is 3. The maximum atomic E-state index is 14.5. The first-order valence-electron chi connectivity index (χ1n) is 25.2. The molecule has 16 heteroatoms. The summed E-state index contributed by atoms with van der Waals surface area (Å²) in [6, 6.07) is -1.15. The minimum absolute atomic E-state index is 0.0137. The summed E-state index contributed by atoms with van der Waals surface area (Å²) in [7, 11) is 2.75. The van der Waals surface area contributed by atoms with E-state index in [0.717, 1.165) is 12.0 Å². The van der Waals surface area contributed by atoms with Gasteiger partial charge in [-0.2, -0.15) is 0 Å². The lowest BCUT2D eigenvalue weighted by Gasteiger charge is -2.42. The molecule has 2 bridgehead atoms. The monoisotopic (exact) mass is 990 g/mol. The van der Waals surface area contributed by atoms with Gasteiger partial charge in [-0.25, -0.2) is 4.79 Å². The van der Waals surface area contributed by atoms with E-state index in [0.29, 0.717) is 63.4 Å². The molecule has 0 aromatic rings. The minimum Gasteiger partial charge on any atom is -0.460 e. The Morgan fingerprint density at radius 3 is 2.26 bits per heavy atom. The fraction of sp³-hybridized carbons (Fsp3) is 0.755. The number of ketones is 3. The lowest BCUT2D eigenvalue weighted by Crippen LogP contribution is -2.61. The van der Waals surface area contributed by atoms with Gasteiger partial charge >= 0.3 is 5.97 Å².